The zero-order valence-electron chi connectivity index (χ0n) is 16.7. The molecular formula is C23H14BrCl2N3O4. The Hall–Kier alpha value is -3.38. The molecule has 0 radical (unpaired) electrons. The summed E-state index contributed by atoms with van der Waals surface area (Å²) in [5.41, 5.74) is 1.28. The zero-order valence-corrected chi connectivity index (χ0v) is 19.8. The minimum Gasteiger partial charge on any atom is -0.488 e. The average Bonchev–Trinajstić information content (AvgIpc) is 2.80. The number of rotatable bonds is 7. The molecule has 33 heavy (non-hydrogen) atoms. The molecule has 0 fully saturated rings. The van der Waals surface area contributed by atoms with E-state index in [9.17, 15) is 20.2 Å². The van der Waals surface area contributed by atoms with Crippen LogP contribution in [0.1, 0.15) is 11.1 Å². The summed E-state index contributed by atoms with van der Waals surface area (Å²) in [6.45, 7) is 0.132. The monoisotopic (exact) mass is 545 g/mol. The number of halogens is 3. The lowest BCUT2D eigenvalue weighted by molar-refractivity contribution is -0.384. The number of amides is 1. The molecule has 0 aliphatic carbocycles. The van der Waals surface area contributed by atoms with E-state index in [4.69, 9.17) is 27.9 Å². The number of nitro benzene ring substituents is 1. The number of hydrogen-bond donors (Lipinski definition) is 1. The third-order valence-corrected chi connectivity index (χ3v) is 5.69. The highest BCUT2D eigenvalue weighted by Crippen LogP contribution is 2.30. The molecule has 10 heteroatoms. The smallest absolute Gasteiger partial charge is 0.269 e. The van der Waals surface area contributed by atoms with Crippen molar-refractivity contribution in [3.63, 3.8) is 0 Å². The second-order valence-corrected chi connectivity index (χ2v) is 8.32. The minimum absolute atomic E-state index is 0.0181. The molecule has 0 heterocycles. The Labute approximate surface area is 207 Å². The molecule has 0 aliphatic heterocycles. The molecule has 0 unspecified atom stereocenters. The van der Waals surface area contributed by atoms with Gasteiger partial charge in [-0.15, -0.1) is 0 Å². The molecular weight excluding hydrogens is 533 g/mol. The first-order chi connectivity index (χ1) is 15.8. The fourth-order valence-electron chi connectivity index (χ4n) is 2.73. The molecule has 3 aromatic rings. The molecule has 1 N–H and O–H groups in total. The third kappa shape index (κ3) is 6.33. The van der Waals surface area contributed by atoms with Crippen molar-refractivity contribution in [2.45, 2.75) is 6.61 Å². The molecule has 7 nitrogen and oxygen atoms in total. The van der Waals surface area contributed by atoms with Crippen LogP contribution in [0, 0.1) is 21.4 Å². The second kappa shape index (κ2) is 11.0. The number of nitrogens with zero attached hydrogens (tertiary/aromatic N) is 2. The van der Waals surface area contributed by atoms with Gasteiger partial charge in [-0.2, -0.15) is 5.26 Å². The number of hydrogen-bond acceptors (Lipinski definition) is 5. The van der Waals surface area contributed by atoms with E-state index in [1.165, 1.54) is 18.2 Å². The number of nitriles is 1. The zero-order chi connectivity index (χ0) is 24.0. The molecule has 0 atom stereocenters. The standard InChI is InChI=1S/C23H14BrCl2N3O4/c24-17-6-9-21(33-13-14-4-7-18(8-5-14)29(31)32)15(11-17)10-16(12-27)23(30)28-20-3-1-2-19(25)22(20)26/h1-11H,13H2,(H,28,30)/b16-10-. The number of nitro groups is 1. The van der Waals surface area contributed by atoms with Gasteiger partial charge < -0.3 is 10.1 Å². The maximum atomic E-state index is 12.7. The number of nitrogens with one attached hydrogen (secondary N) is 1. The van der Waals surface area contributed by atoms with Gasteiger partial charge in [-0.05, 0) is 54.1 Å². The molecule has 166 valence electrons. The first-order valence-corrected chi connectivity index (χ1v) is 10.9. The van der Waals surface area contributed by atoms with Crippen molar-refractivity contribution in [2.24, 2.45) is 0 Å². The predicted octanol–water partition coefficient (Wildman–Crippen LogP) is 6.79. The van der Waals surface area contributed by atoms with E-state index in [1.807, 2.05) is 6.07 Å². The lowest BCUT2D eigenvalue weighted by Crippen LogP contribution is -2.14. The van der Waals surface area contributed by atoms with E-state index in [1.54, 1.807) is 48.5 Å². The van der Waals surface area contributed by atoms with Crippen LogP contribution in [0.3, 0.4) is 0 Å². The van der Waals surface area contributed by atoms with E-state index in [0.717, 1.165) is 0 Å². The number of carbonyl (C=O) groups excluding carboxylic acids is 1. The van der Waals surface area contributed by atoms with E-state index in [0.29, 0.717) is 21.3 Å². The highest BCUT2D eigenvalue weighted by atomic mass is 79.9. The largest absolute Gasteiger partial charge is 0.488 e. The first kappa shape index (κ1) is 24.3. The van der Waals surface area contributed by atoms with Gasteiger partial charge in [-0.25, -0.2) is 0 Å². The van der Waals surface area contributed by atoms with Gasteiger partial charge in [0.05, 0.1) is 20.7 Å². The number of non-ortho nitro benzene ring substituents is 1. The van der Waals surface area contributed by atoms with Crippen LogP contribution >= 0.6 is 39.1 Å². The molecule has 0 saturated carbocycles. The van der Waals surface area contributed by atoms with Crippen molar-refractivity contribution in [1.82, 2.24) is 0 Å². The summed E-state index contributed by atoms with van der Waals surface area (Å²) in [7, 11) is 0. The average molecular weight is 547 g/mol. The summed E-state index contributed by atoms with van der Waals surface area (Å²) < 4.78 is 6.56. The van der Waals surface area contributed by atoms with Crippen molar-refractivity contribution < 1.29 is 14.5 Å². The highest BCUT2D eigenvalue weighted by Gasteiger charge is 2.14. The Kier molecular flexibility index (Phi) is 8.06. The third-order valence-electron chi connectivity index (χ3n) is 4.38. The SMILES string of the molecule is N#C/C(=C/c1cc(Br)ccc1OCc1ccc([N+](=O)[O-])cc1)C(=O)Nc1cccc(Cl)c1Cl. The fourth-order valence-corrected chi connectivity index (χ4v) is 3.46. The lowest BCUT2D eigenvalue weighted by atomic mass is 10.1. The van der Waals surface area contributed by atoms with Gasteiger partial charge in [-0.1, -0.05) is 45.2 Å². The topological polar surface area (TPSA) is 105 Å². The molecule has 3 rings (SSSR count). The van der Waals surface area contributed by atoms with Crippen LogP contribution in [0.4, 0.5) is 11.4 Å². The van der Waals surface area contributed by atoms with Crippen LogP contribution in [0.5, 0.6) is 5.75 Å². The Bertz CT molecular complexity index is 1290. The second-order valence-electron chi connectivity index (χ2n) is 6.62. The highest BCUT2D eigenvalue weighted by molar-refractivity contribution is 9.10. The van der Waals surface area contributed by atoms with Crippen LogP contribution in [-0.2, 0) is 11.4 Å². The molecule has 0 saturated heterocycles. The lowest BCUT2D eigenvalue weighted by Gasteiger charge is -2.11. The maximum Gasteiger partial charge on any atom is 0.269 e. The summed E-state index contributed by atoms with van der Waals surface area (Å²) in [4.78, 5) is 23.0. The van der Waals surface area contributed by atoms with Crippen molar-refractivity contribution in [3.8, 4) is 11.8 Å². The summed E-state index contributed by atoms with van der Waals surface area (Å²) in [6, 6.07) is 17.7. The first-order valence-electron chi connectivity index (χ1n) is 9.31. The number of benzene rings is 3. The molecule has 1 amide bonds. The van der Waals surface area contributed by atoms with E-state index >= 15 is 0 Å². The van der Waals surface area contributed by atoms with Crippen molar-refractivity contribution in [3.05, 3.63) is 102 Å². The molecule has 0 bridgehead atoms. The van der Waals surface area contributed by atoms with Gasteiger partial charge in [0.1, 0.15) is 24.0 Å². The maximum absolute atomic E-state index is 12.7. The van der Waals surface area contributed by atoms with E-state index < -0.39 is 10.8 Å². The van der Waals surface area contributed by atoms with Gasteiger partial charge in [0.25, 0.3) is 11.6 Å². The Morgan fingerprint density at radius 2 is 1.91 bits per heavy atom. The van der Waals surface area contributed by atoms with E-state index in [-0.39, 0.29) is 33.6 Å². The number of anilines is 1. The summed E-state index contributed by atoms with van der Waals surface area (Å²) in [5, 5.41) is 23.4. The van der Waals surface area contributed by atoms with Gasteiger partial charge >= 0.3 is 0 Å². The Balaban J connectivity index is 1.82. The van der Waals surface area contributed by atoms with Gasteiger partial charge in [0.2, 0.25) is 0 Å². The van der Waals surface area contributed by atoms with Gasteiger partial charge in [0, 0.05) is 22.2 Å². The van der Waals surface area contributed by atoms with Crippen molar-refractivity contribution >= 4 is 62.5 Å². The molecule has 3 aromatic carbocycles. The van der Waals surface area contributed by atoms with Crippen molar-refractivity contribution in [1.29, 1.82) is 5.26 Å². The van der Waals surface area contributed by atoms with Gasteiger partial charge in [-0.3, -0.25) is 14.9 Å². The number of ether oxygens (including phenoxy) is 1. The van der Waals surface area contributed by atoms with Crippen LogP contribution in [-0.4, -0.2) is 10.8 Å². The van der Waals surface area contributed by atoms with Crippen molar-refractivity contribution in [2.75, 3.05) is 5.32 Å². The van der Waals surface area contributed by atoms with E-state index in [2.05, 4.69) is 21.2 Å². The Morgan fingerprint density at radius 3 is 2.58 bits per heavy atom. The van der Waals surface area contributed by atoms with Gasteiger partial charge in [0.15, 0.2) is 0 Å². The summed E-state index contributed by atoms with van der Waals surface area (Å²) >= 11 is 15.4. The molecule has 0 spiro atoms. The normalized spacial score (nSPS) is 10.9. The van der Waals surface area contributed by atoms with Crippen LogP contribution in [0.25, 0.3) is 6.08 Å². The van der Waals surface area contributed by atoms with Crippen LogP contribution < -0.4 is 10.1 Å². The summed E-state index contributed by atoms with van der Waals surface area (Å²) in [5.74, 6) is -0.249. The van der Waals surface area contributed by atoms with Crippen LogP contribution in [0.15, 0.2) is 70.7 Å². The fraction of sp³-hybridized carbons (Fsp3) is 0.0435. The molecule has 0 aliphatic rings. The minimum atomic E-state index is -0.664. The van der Waals surface area contributed by atoms with Crippen LogP contribution in [0.2, 0.25) is 10.0 Å². The number of carbonyl (C=O) groups is 1. The Morgan fingerprint density at radius 1 is 1.18 bits per heavy atom. The predicted molar refractivity (Wildman–Crippen MR) is 130 cm³/mol. The molecule has 0 aromatic heterocycles. The quantitative estimate of drug-likeness (QED) is 0.152. The summed E-state index contributed by atoms with van der Waals surface area (Å²) in [6.07, 6.45) is 1.39.